The van der Waals surface area contributed by atoms with E-state index in [1.54, 1.807) is 12.4 Å². The zero-order chi connectivity index (χ0) is 13.7. The minimum atomic E-state index is -0.894. The summed E-state index contributed by atoms with van der Waals surface area (Å²) < 4.78 is 10.5. The van der Waals surface area contributed by atoms with Crippen molar-refractivity contribution in [2.24, 2.45) is 0 Å². The van der Waals surface area contributed by atoms with Crippen LogP contribution in [0.2, 0.25) is 0 Å². The van der Waals surface area contributed by atoms with Gasteiger partial charge in [0.1, 0.15) is 5.54 Å². The van der Waals surface area contributed by atoms with Gasteiger partial charge in [-0.2, -0.15) is 0 Å². The third kappa shape index (κ3) is 3.11. The summed E-state index contributed by atoms with van der Waals surface area (Å²) in [7, 11) is 1.39. The highest BCUT2D eigenvalue weighted by Crippen LogP contribution is 2.22. The summed E-state index contributed by atoms with van der Waals surface area (Å²) >= 11 is 0. The molecule has 1 aliphatic heterocycles. The van der Waals surface area contributed by atoms with E-state index in [0.717, 1.165) is 25.0 Å². The zero-order valence-electron chi connectivity index (χ0n) is 11.4. The predicted molar refractivity (Wildman–Crippen MR) is 70.6 cm³/mol. The highest BCUT2D eigenvalue weighted by Gasteiger charge is 2.37. The normalized spacial score (nSPS) is 21.9. The Balaban J connectivity index is 2.12. The summed E-state index contributed by atoms with van der Waals surface area (Å²) in [6.45, 7) is 3.24. The molecule has 1 aromatic rings. The third-order valence-corrected chi connectivity index (χ3v) is 3.54. The summed E-state index contributed by atoms with van der Waals surface area (Å²) in [5, 5.41) is 3.27. The average Bonchev–Trinajstić information content (AvgIpc) is 2.98. The molecule has 0 aliphatic carbocycles. The number of ether oxygens (including phenoxy) is 2. The van der Waals surface area contributed by atoms with Crippen LogP contribution in [0.5, 0.6) is 0 Å². The lowest BCUT2D eigenvalue weighted by Crippen LogP contribution is -2.49. The van der Waals surface area contributed by atoms with Crippen molar-refractivity contribution in [3.63, 3.8) is 0 Å². The van der Waals surface area contributed by atoms with Gasteiger partial charge in [0.2, 0.25) is 0 Å². The number of carbonyl (C=O) groups excluding carboxylic acids is 1. The molecule has 1 aliphatic rings. The molecule has 2 rings (SSSR count). The number of esters is 1. The first-order chi connectivity index (χ1) is 9.16. The monoisotopic (exact) mass is 264 g/mol. The predicted octanol–water partition coefficient (Wildman–Crippen LogP) is 1.24. The second-order valence-electron chi connectivity index (χ2n) is 4.87. The van der Waals surface area contributed by atoms with Crippen LogP contribution < -0.4 is 5.32 Å². The van der Waals surface area contributed by atoms with Gasteiger partial charge in [-0.25, -0.2) is 4.79 Å². The van der Waals surface area contributed by atoms with Gasteiger partial charge >= 0.3 is 5.97 Å². The molecule has 0 saturated carbocycles. The van der Waals surface area contributed by atoms with Crippen LogP contribution in [-0.2, 0) is 19.8 Å². The Hall–Kier alpha value is -1.46. The van der Waals surface area contributed by atoms with Crippen molar-refractivity contribution >= 4 is 5.97 Å². The van der Waals surface area contributed by atoms with Crippen LogP contribution >= 0.6 is 0 Å². The lowest BCUT2D eigenvalue weighted by molar-refractivity contribution is -0.148. The highest BCUT2D eigenvalue weighted by molar-refractivity contribution is 5.81. The Morgan fingerprint density at radius 1 is 1.68 bits per heavy atom. The Kier molecular flexibility index (Phi) is 4.50. The molecule has 2 unspecified atom stereocenters. The van der Waals surface area contributed by atoms with Gasteiger partial charge < -0.3 is 9.47 Å². The molecule has 0 radical (unpaired) electrons. The van der Waals surface area contributed by atoms with E-state index in [1.807, 2.05) is 19.1 Å². The molecule has 1 fully saturated rings. The van der Waals surface area contributed by atoms with Gasteiger partial charge in [0.25, 0.3) is 0 Å². The number of carbonyl (C=O) groups is 1. The Bertz CT molecular complexity index is 418. The smallest absolute Gasteiger partial charge is 0.330 e. The second kappa shape index (κ2) is 6.12. The molecule has 1 aromatic heterocycles. The molecule has 0 amide bonds. The number of pyridine rings is 1. The van der Waals surface area contributed by atoms with Crippen molar-refractivity contribution in [3.05, 3.63) is 30.1 Å². The van der Waals surface area contributed by atoms with Gasteiger partial charge in [0.05, 0.1) is 13.2 Å². The molecule has 5 nitrogen and oxygen atoms in total. The minimum absolute atomic E-state index is 0.167. The van der Waals surface area contributed by atoms with Gasteiger partial charge in [0, 0.05) is 31.1 Å². The Labute approximate surface area is 113 Å². The topological polar surface area (TPSA) is 60.5 Å². The van der Waals surface area contributed by atoms with Crippen molar-refractivity contribution in [1.29, 1.82) is 0 Å². The van der Waals surface area contributed by atoms with E-state index < -0.39 is 5.54 Å². The highest BCUT2D eigenvalue weighted by atomic mass is 16.5. The van der Waals surface area contributed by atoms with Crippen LogP contribution in [0.3, 0.4) is 0 Å². The van der Waals surface area contributed by atoms with Gasteiger partial charge in [-0.1, -0.05) is 6.07 Å². The molecule has 1 N–H and O–H groups in total. The molecule has 0 bridgehead atoms. The van der Waals surface area contributed by atoms with E-state index in [0.29, 0.717) is 6.54 Å². The fourth-order valence-corrected chi connectivity index (χ4v) is 2.28. The molecule has 2 atom stereocenters. The Morgan fingerprint density at radius 2 is 2.53 bits per heavy atom. The largest absolute Gasteiger partial charge is 0.467 e. The third-order valence-electron chi connectivity index (χ3n) is 3.54. The fraction of sp³-hybridized carbons (Fsp3) is 0.571. The molecular weight excluding hydrogens is 244 g/mol. The number of nitrogens with one attached hydrogen (secondary N) is 1. The van der Waals surface area contributed by atoms with Gasteiger partial charge in [-0.05, 0) is 25.8 Å². The van der Waals surface area contributed by atoms with Crippen LogP contribution in [0, 0.1) is 0 Å². The lowest BCUT2D eigenvalue weighted by Gasteiger charge is -2.29. The number of hydrogen-bond donors (Lipinski definition) is 1. The van der Waals surface area contributed by atoms with Gasteiger partial charge in [-0.15, -0.1) is 0 Å². The first-order valence-electron chi connectivity index (χ1n) is 6.52. The first-order valence-corrected chi connectivity index (χ1v) is 6.52. The standard InChI is InChI=1S/C14H20N2O3/c1-14(13(17)18-2,11-5-3-7-15-9-11)16-10-12-6-4-8-19-12/h3,5,7,9,12,16H,4,6,8,10H2,1-2H3. The van der Waals surface area contributed by atoms with Gasteiger partial charge in [-0.3, -0.25) is 10.3 Å². The SMILES string of the molecule is COC(=O)C(C)(NCC1CCCO1)c1cccnc1. The van der Waals surface area contributed by atoms with Crippen molar-refractivity contribution in [3.8, 4) is 0 Å². The maximum Gasteiger partial charge on any atom is 0.330 e. The van der Waals surface area contributed by atoms with Crippen LogP contribution in [0.4, 0.5) is 0 Å². The average molecular weight is 264 g/mol. The number of rotatable bonds is 5. The summed E-state index contributed by atoms with van der Waals surface area (Å²) in [5.41, 5.74) is -0.102. The molecule has 2 heterocycles. The molecule has 0 spiro atoms. The van der Waals surface area contributed by atoms with E-state index in [-0.39, 0.29) is 12.1 Å². The van der Waals surface area contributed by atoms with E-state index in [4.69, 9.17) is 9.47 Å². The van der Waals surface area contributed by atoms with Crippen molar-refractivity contribution in [2.75, 3.05) is 20.3 Å². The first kappa shape index (κ1) is 14.0. The Morgan fingerprint density at radius 3 is 3.11 bits per heavy atom. The lowest BCUT2D eigenvalue weighted by atomic mass is 9.93. The van der Waals surface area contributed by atoms with Crippen LogP contribution in [0.25, 0.3) is 0 Å². The summed E-state index contributed by atoms with van der Waals surface area (Å²) in [6, 6.07) is 3.68. The van der Waals surface area contributed by atoms with Crippen molar-refractivity contribution in [1.82, 2.24) is 10.3 Å². The maximum absolute atomic E-state index is 12.1. The molecule has 0 aromatic carbocycles. The number of hydrogen-bond acceptors (Lipinski definition) is 5. The van der Waals surface area contributed by atoms with E-state index in [2.05, 4.69) is 10.3 Å². The number of nitrogens with zero attached hydrogens (tertiary/aromatic N) is 1. The maximum atomic E-state index is 12.1. The van der Waals surface area contributed by atoms with Crippen LogP contribution in [-0.4, -0.2) is 37.3 Å². The number of aromatic nitrogens is 1. The van der Waals surface area contributed by atoms with E-state index in [1.165, 1.54) is 7.11 Å². The van der Waals surface area contributed by atoms with Crippen molar-refractivity contribution < 1.29 is 14.3 Å². The molecule has 19 heavy (non-hydrogen) atoms. The van der Waals surface area contributed by atoms with E-state index in [9.17, 15) is 4.79 Å². The van der Waals surface area contributed by atoms with Gasteiger partial charge in [0.15, 0.2) is 0 Å². The van der Waals surface area contributed by atoms with E-state index >= 15 is 0 Å². The fourth-order valence-electron chi connectivity index (χ4n) is 2.28. The van der Waals surface area contributed by atoms with Crippen LogP contribution in [0.1, 0.15) is 25.3 Å². The molecular formula is C14H20N2O3. The quantitative estimate of drug-likeness (QED) is 0.811. The molecule has 104 valence electrons. The second-order valence-corrected chi connectivity index (χ2v) is 4.87. The molecule has 1 saturated heterocycles. The summed E-state index contributed by atoms with van der Waals surface area (Å²) in [4.78, 5) is 16.2. The van der Waals surface area contributed by atoms with Crippen molar-refractivity contribution in [2.45, 2.75) is 31.4 Å². The van der Waals surface area contributed by atoms with Crippen LogP contribution in [0.15, 0.2) is 24.5 Å². The summed E-state index contributed by atoms with van der Waals surface area (Å²) in [6.07, 6.45) is 5.63. The number of methoxy groups -OCH3 is 1. The summed E-state index contributed by atoms with van der Waals surface area (Å²) in [5.74, 6) is -0.321. The zero-order valence-corrected chi connectivity index (χ0v) is 11.4. The minimum Gasteiger partial charge on any atom is -0.467 e. The molecule has 5 heteroatoms.